The van der Waals surface area contributed by atoms with Gasteiger partial charge in [-0.25, -0.2) is 13.8 Å². The zero-order valence-electron chi connectivity index (χ0n) is 23.9. The Bertz CT molecular complexity index is 1540. The molecule has 2 aromatic carbocycles. The topological polar surface area (TPSA) is 123 Å². The molecular weight excluding hydrogens is 550 g/mol. The summed E-state index contributed by atoms with van der Waals surface area (Å²) in [4.78, 5) is 40.2. The van der Waals surface area contributed by atoms with Gasteiger partial charge in [-0.2, -0.15) is 0 Å². The van der Waals surface area contributed by atoms with E-state index >= 15 is 0 Å². The summed E-state index contributed by atoms with van der Waals surface area (Å²) in [7, 11) is -3.09. The van der Waals surface area contributed by atoms with Crippen molar-refractivity contribution in [1.82, 2.24) is 0 Å². The second kappa shape index (κ2) is 11.8. The van der Waals surface area contributed by atoms with Crippen LogP contribution in [0.5, 0.6) is 0 Å². The van der Waals surface area contributed by atoms with Crippen LogP contribution < -0.4 is 10.6 Å². The standard InChI is InChI=1S/C29H35N3O6S2/c1-18-9-16-24(39-18)20-12-15-22(31-26(34)37-28(2,3)4)23(17-20)30-25(33)19-10-13-21(14-11-19)40(8,36)32-27(35)38-29(5,6)7/h9-17H,1-8H3,(H,30,33)(H,31,34). The minimum Gasteiger partial charge on any atom is -0.444 e. The van der Waals surface area contributed by atoms with Crippen molar-refractivity contribution in [3.8, 4) is 10.4 Å². The summed E-state index contributed by atoms with van der Waals surface area (Å²) in [5.74, 6) is -0.454. The van der Waals surface area contributed by atoms with Crippen molar-refractivity contribution in [2.75, 3.05) is 16.9 Å². The molecular formula is C29H35N3O6S2. The maximum atomic E-state index is 13.2. The number of thiophene rings is 1. The molecule has 3 rings (SSSR count). The average Bonchev–Trinajstić information content (AvgIpc) is 3.23. The Hall–Kier alpha value is -3.70. The molecule has 0 bridgehead atoms. The van der Waals surface area contributed by atoms with Crippen molar-refractivity contribution >= 4 is 50.5 Å². The first-order chi connectivity index (χ1) is 18.4. The van der Waals surface area contributed by atoms with E-state index in [0.717, 1.165) is 15.3 Å². The number of nitrogens with zero attached hydrogens (tertiary/aromatic N) is 1. The van der Waals surface area contributed by atoms with Gasteiger partial charge in [-0.05, 0) is 103 Å². The molecule has 0 radical (unpaired) electrons. The number of carbonyl (C=O) groups is 3. The fourth-order valence-electron chi connectivity index (χ4n) is 3.44. The Morgan fingerprint density at radius 3 is 2.00 bits per heavy atom. The first kappa shape index (κ1) is 30.8. The van der Waals surface area contributed by atoms with E-state index in [9.17, 15) is 18.6 Å². The molecule has 3 amide bonds. The molecule has 0 aliphatic rings. The average molecular weight is 586 g/mol. The van der Waals surface area contributed by atoms with Crippen LogP contribution in [-0.2, 0) is 19.2 Å². The number of rotatable bonds is 5. The summed E-state index contributed by atoms with van der Waals surface area (Å²) < 4.78 is 27.3. The molecule has 0 aliphatic heterocycles. The van der Waals surface area contributed by atoms with E-state index in [-0.39, 0.29) is 10.5 Å². The molecule has 214 valence electrons. The Labute approximate surface area is 239 Å². The SMILES string of the molecule is Cc1ccc(-c2ccc(NC(=O)OC(C)(C)C)c(NC(=O)c3ccc(S(C)(=O)=NC(=O)OC(C)(C)C)cc3)c2)s1. The smallest absolute Gasteiger partial charge is 0.442 e. The summed E-state index contributed by atoms with van der Waals surface area (Å²) in [5.41, 5.74) is 0.420. The molecule has 0 saturated heterocycles. The Morgan fingerprint density at radius 1 is 0.825 bits per heavy atom. The van der Waals surface area contributed by atoms with Crippen molar-refractivity contribution in [3.63, 3.8) is 0 Å². The third kappa shape index (κ3) is 8.92. The molecule has 1 heterocycles. The van der Waals surface area contributed by atoms with Crippen LogP contribution in [0.4, 0.5) is 21.0 Å². The Kier molecular flexibility index (Phi) is 9.10. The van der Waals surface area contributed by atoms with Crippen molar-refractivity contribution in [3.05, 3.63) is 65.0 Å². The molecule has 9 nitrogen and oxygen atoms in total. The highest BCUT2D eigenvalue weighted by molar-refractivity contribution is 7.93. The molecule has 2 N–H and O–H groups in total. The number of benzene rings is 2. The highest BCUT2D eigenvalue weighted by atomic mass is 32.2. The lowest BCUT2D eigenvalue weighted by Gasteiger charge is -2.21. The first-order valence-corrected chi connectivity index (χ1v) is 15.2. The fourth-order valence-corrected chi connectivity index (χ4v) is 5.37. The van der Waals surface area contributed by atoms with Crippen molar-refractivity contribution in [2.24, 2.45) is 4.36 Å². The summed E-state index contributed by atoms with van der Waals surface area (Å²) in [6.45, 7) is 12.4. The van der Waals surface area contributed by atoms with E-state index < -0.39 is 39.0 Å². The maximum absolute atomic E-state index is 13.2. The molecule has 1 aromatic heterocycles. The van der Waals surface area contributed by atoms with Crippen LogP contribution in [0.15, 0.2) is 63.9 Å². The van der Waals surface area contributed by atoms with Crippen LogP contribution in [0.2, 0.25) is 0 Å². The van der Waals surface area contributed by atoms with E-state index in [1.165, 1.54) is 30.5 Å². The van der Waals surface area contributed by atoms with E-state index in [1.54, 1.807) is 65.0 Å². The van der Waals surface area contributed by atoms with Gasteiger partial charge in [-0.1, -0.05) is 6.07 Å². The molecule has 40 heavy (non-hydrogen) atoms. The minimum absolute atomic E-state index is 0.275. The first-order valence-electron chi connectivity index (χ1n) is 12.5. The predicted octanol–water partition coefficient (Wildman–Crippen LogP) is 7.71. The number of aryl methyl sites for hydroxylation is 1. The maximum Gasteiger partial charge on any atom is 0.442 e. The second-order valence-electron chi connectivity index (χ2n) is 11.2. The van der Waals surface area contributed by atoms with E-state index in [1.807, 2.05) is 25.1 Å². The van der Waals surface area contributed by atoms with Gasteiger partial charge in [0, 0.05) is 26.5 Å². The molecule has 3 aromatic rings. The lowest BCUT2D eigenvalue weighted by molar-refractivity contribution is 0.0603. The lowest BCUT2D eigenvalue weighted by atomic mass is 10.1. The van der Waals surface area contributed by atoms with Crippen molar-refractivity contribution in [2.45, 2.75) is 64.6 Å². The summed E-state index contributed by atoms with van der Waals surface area (Å²) >= 11 is 1.61. The van der Waals surface area contributed by atoms with Gasteiger partial charge in [-0.15, -0.1) is 15.7 Å². The highest BCUT2D eigenvalue weighted by Gasteiger charge is 2.20. The Balaban J connectivity index is 1.88. The molecule has 0 fully saturated rings. The third-order valence-corrected chi connectivity index (χ3v) is 7.82. The van der Waals surface area contributed by atoms with Gasteiger partial charge in [0.05, 0.1) is 21.1 Å². The lowest BCUT2D eigenvalue weighted by Crippen LogP contribution is -2.27. The summed E-state index contributed by atoms with van der Waals surface area (Å²) in [5, 5.41) is 5.56. The fraction of sp³-hybridized carbons (Fsp3) is 0.345. The summed E-state index contributed by atoms with van der Waals surface area (Å²) in [6, 6.07) is 15.3. The van der Waals surface area contributed by atoms with Gasteiger partial charge in [0.25, 0.3) is 5.91 Å². The molecule has 0 spiro atoms. The van der Waals surface area contributed by atoms with Gasteiger partial charge >= 0.3 is 12.2 Å². The van der Waals surface area contributed by atoms with Crippen LogP contribution in [0.1, 0.15) is 56.8 Å². The molecule has 0 aliphatic carbocycles. The van der Waals surface area contributed by atoms with Gasteiger partial charge in [0.2, 0.25) is 0 Å². The second-order valence-corrected chi connectivity index (χ2v) is 14.7. The number of amides is 3. The zero-order chi connectivity index (χ0) is 29.9. The van der Waals surface area contributed by atoms with Gasteiger partial charge in [0.15, 0.2) is 0 Å². The van der Waals surface area contributed by atoms with Gasteiger partial charge in [-0.3, -0.25) is 10.1 Å². The Morgan fingerprint density at radius 2 is 1.45 bits per heavy atom. The van der Waals surface area contributed by atoms with Gasteiger partial charge in [0.1, 0.15) is 11.2 Å². The predicted molar refractivity (Wildman–Crippen MR) is 160 cm³/mol. The highest BCUT2D eigenvalue weighted by Crippen LogP contribution is 2.33. The zero-order valence-corrected chi connectivity index (χ0v) is 25.5. The van der Waals surface area contributed by atoms with Crippen LogP contribution in [0.25, 0.3) is 10.4 Å². The molecule has 1 atom stereocenters. The van der Waals surface area contributed by atoms with Crippen LogP contribution >= 0.6 is 11.3 Å². The number of nitrogens with one attached hydrogen (secondary N) is 2. The third-order valence-electron chi connectivity index (χ3n) is 5.12. The molecule has 0 saturated carbocycles. The number of hydrogen-bond acceptors (Lipinski definition) is 7. The van der Waals surface area contributed by atoms with Gasteiger partial charge < -0.3 is 14.8 Å². The van der Waals surface area contributed by atoms with E-state index in [2.05, 4.69) is 15.0 Å². The van der Waals surface area contributed by atoms with E-state index in [0.29, 0.717) is 11.4 Å². The number of ether oxygens (including phenoxy) is 2. The minimum atomic E-state index is -3.09. The molecule has 1 unspecified atom stereocenters. The van der Waals surface area contributed by atoms with Crippen LogP contribution in [-0.4, -0.2) is 39.8 Å². The van der Waals surface area contributed by atoms with Crippen LogP contribution in [0.3, 0.4) is 0 Å². The quantitative estimate of drug-likeness (QED) is 0.316. The molecule has 11 heteroatoms. The monoisotopic (exact) mass is 585 g/mol. The summed E-state index contributed by atoms with van der Waals surface area (Å²) in [6.07, 6.45) is -0.246. The van der Waals surface area contributed by atoms with Crippen molar-refractivity contribution < 1.29 is 28.1 Å². The number of carbonyl (C=O) groups excluding carboxylic acids is 3. The largest absolute Gasteiger partial charge is 0.444 e. The van der Waals surface area contributed by atoms with E-state index in [4.69, 9.17) is 9.47 Å². The number of anilines is 2. The van der Waals surface area contributed by atoms with Crippen molar-refractivity contribution in [1.29, 1.82) is 0 Å². The normalized spacial score (nSPS) is 13.1. The number of hydrogen-bond donors (Lipinski definition) is 2. The van der Waals surface area contributed by atoms with Crippen LogP contribution in [0, 0.1) is 6.92 Å².